The molecular formula is C12H26N2OS. The van der Waals surface area contributed by atoms with Crippen molar-refractivity contribution in [3.05, 3.63) is 0 Å². The fraction of sp³-hybridized carbons (Fsp3) is 0.917. The minimum Gasteiger partial charge on any atom is -0.356 e. The van der Waals surface area contributed by atoms with Gasteiger partial charge in [-0.3, -0.25) is 4.79 Å². The average Bonchev–Trinajstić information content (AvgIpc) is 2.22. The summed E-state index contributed by atoms with van der Waals surface area (Å²) < 4.78 is 0. The first kappa shape index (κ1) is 15.8. The van der Waals surface area contributed by atoms with Crippen molar-refractivity contribution in [2.24, 2.45) is 23.5 Å². The van der Waals surface area contributed by atoms with E-state index in [0.717, 1.165) is 18.7 Å². The summed E-state index contributed by atoms with van der Waals surface area (Å²) in [6, 6.07) is 0. The highest BCUT2D eigenvalue weighted by molar-refractivity contribution is 7.98. The van der Waals surface area contributed by atoms with Crippen LogP contribution in [-0.2, 0) is 4.79 Å². The molecule has 0 radical (unpaired) electrons. The zero-order chi connectivity index (χ0) is 12.6. The summed E-state index contributed by atoms with van der Waals surface area (Å²) in [6.07, 6.45) is 2.96. The summed E-state index contributed by atoms with van der Waals surface area (Å²) in [5.41, 5.74) is 5.62. The largest absolute Gasteiger partial charge is 0.356 e. The predicted molar refractivity (Wildman–Crippen MR) is 72.6 cm³/mol. The Morgan fingerprint density at radius 1 is 1.38 bits per heavy atom. The van der Waals surface area contributed by atoms with Gasteiger partial charge in [0.2, 0.25) is 5.91 Å². The molecule has 0 rings (SSSR count). The molecule has 0 spiro atoms. The second kappa shape index (κ2) is 8.88. The molecule has 0 aromatic rings. The lowest BCUT2D eigenvalue weighted by Gasteiger charge is -2.18. The standard InChI is InChI=1S/C12H26N2OS/c1-9(2)5-11(6-13)12(15)14-7-10(3)8-16-4/h9-11H,5-8,13H2,1-4H3,(H,14,15). The normalized spacial score (nSPS) is 14.9. The molecule has 0 bridgehead atoms. The molecule has 2 unspecified atom stereocenters. The third-order valence-electron chi connectivity index (χ3n) is 2.49. The molecule has 96 valence electrons. The van der Waals surface area contributed by atoms with Crippen LogP contribution in [0.3, 0.4) is 0 Å². The second-order valence-electron chi connectivity index (χ2n) is 4.87. The van der Waals surface area contributed by atoms with Crippen LogP contribution in [0.1, 0.15) is 27.2 Å². The molecule has 0 aromatic heterocycles. The molecule has 1 amide bonds. The first-order valence-electron chi connectivity index (χ1n) is 5.97. The van der Waals surface area contributed by atoms with Gasteiger partial charge in [0.15, 0.2) is 0 Å². The third kappa shape index (κ3) is 7.12. The van der Waals surface area contributed by atoms with Gasteiger partial charge in [0.1, 0.15) is 0 Å². The van der Waals surface area contributed by atoms with Crippen LogP contribution in [0.15, 0.2) is 0 Å². The summed E-state index contributed by atoms with van der Waals surface area (Å²) in [4.78, 5) is 11.8. The van der Waals surface area contributed by atoms with Crippen LogP contribution in [0.2, 0.25) is 0 Å². The van der Waals surface area contributed by atoms with Gasteiger partial charge in [-0.25, -0.2) is 0 Å². The van der Waals surface area contributed by atoms with Crippen LogP contribution < -0.4 is 11.1 Å². The van der Waals surface area contributed by atoms with Crippen LogP contribution in [-0.4, -0.2) is 31.0 Å². The Morgan fingerprint density at radius 2 is 2.00 bits per heavy atom. The summed E-state index contributed by atoms with van der Waals surface area (Å²) in [5.74, 6) is 2.21. The average molecular weight is 246 g/mol. The second-order valence-corrected chi connectivity index (χ2v) is 5.78. The molecule has 0 heterocycles. The molecule has 2 atom stereocenters. The van der Waals surface area contributed by atoms with Crippen LogP contribution in [0.25, 0.3) is 0 Å². The van der Waals surface area contributed by atoms with Crippen molar-refractivity contribution in [3.8, 4) is 0 Å². The van der Waals surface area contributed by atoms with Crippen molar-refractivity contribution in [2.75, 3.05) is 25.1 Å². The van der Waals surface area contributed by atoms with E-state index in [4.69, 9.17) is 5.73 Å². The van der Waals surface area contributed by atoms with Gasteiger partial charge in [-0.15, -0.1) is 0 Å². The van der Waals surface area contributed by atoms with E-state index in [1.165, 1.54) is 0 Å². The maximum absolute atomic E-state index is 11.8. The zero-order valence-corrected chi connectivity index (χ0v) is 11.8. The Bertz CT molecular complexity index is 197. The van der Waals surface area contributed by atoms with Gasteiger partial charge in [-0.1, -0.05) is 20.8 Å². The third-order valence-corrected chi connectivity index (χ3v) is 3.39. The summed E-state index contributed by atoms with van der Waals surface area (Å²) >= 11 is 1.81. The van der Waals surface area contributed by atoms with Crippen molar-refractivity contribution in [1.82, 2.24) is 5.32 Å². The van der Waals surface area contributed by atoms with Crippen molar-refractivity contribution in [2.45, 2.75) is 27.2 Å². The first-order valence-corrected chi connectivity index (χ1v) is 7.37. The van der Waals surface area contributed by atoms with E-state index >= 15 is 0 Å². The highest BCUT2D eigenvalue weighted by atomic mass is 32.2. The molecule has 4 heteroatoms. The minimum atomic E-state index is -0.0264. The maximum atomic E-state index is 11.8. The number of carbonyl (C=O) groups is 1. The number of nitrogens with one attached hydrogen (secondary N) is 1. The zero-order valence-electron chi connectivity index (χ0n) is 11.0. The molecule has 0 aliphatic rings. The Hall–Kier alpha value is -0.220. The number of carbonyl (C=O) groups excluding carboxylic acids is 1. The fourth-order valence-electron chi connectivity index (χ4n) is 1.64. The molecule has 16 heavy (non-hydrogen) atoms. The first-order chi connectivity index (χ1) is 7.51. The summed E-state index contributed by atoms with van der Waals surface area (Å²) in [6.45, 7) is 7.59. The molecule has 0 aromatic carbocycles. The van der Waals surface area contributed by atoms with E-state index in [2.05, 4.69) is 32.3 Å². The fourth-order valence-corrected chi connectivity index (χ4v) is 2.33. The molecule has 0 saturated carbocycles. The van der Waals surface area contributed by atoms with E-state index in [1.807, 2.05) is 11.8 Å². The smallest absolute Gasteiger partial charge is 0.224 e. The number of nitrogens with two attached hydrogens (primary N) is 1. The van der Waals surface area contributed by atoms with Gasteiger partial charge < -0.3 is 11.1 Å². The maximum Gasteiger partial charge on any atom is 0.224 e. The quantitative estimate of drug-likeness (QED) is 0.686. The number of thioether (sulfide) groups is 1. The van der Waals surface area contributed by atoms with Gasteiger partial charge >= 0.3 is 0 Å². The number of hydrogen-bond donors (Lipinski definition) is 2. The molecular weight excluding hydrogens is 220 g/mol. The van der Waals surface area contributed by atoms with Crippen LogP contribution in [0.4, 0.5) is 0 Å². The van der Waals surface area contributed by atoms with Gasteiger partial charge in [-0.2, -0.15) is 11.8 Å². The monoisotopic (exact) mass is 246 g/mol. The van der Waals surface area contributed by atoms with Crippen LogP contribution in [0.5, 0.6) is 0 Å². The van der Waals surface area contributed by atoms with Crippen molar-refractivity contribution < 1.29 is 4.79 Å². The lowest BCUT2D eigenvalue weighted by molar-refractivity contribution is -0.125. The van der Waals surface area contributed by atoms with E-state index in [9.17, 15) is 4.79 Å². The highest BCUT2D eigenvalue weighted by Crippen LogP contribution is 2.11. The molecule has 3 N–H and O–H groups in total. The summed E-state index contributed by atoms with van der Waals surface area (Å²) in [7, 11) is 0. The van der Waals surface area contributed by atoms with Crippen LogP contribution in [0, 0.1) is 17.8 Å². The summed E-state index contributed by atoms with van der Waals surface area (Å²) in [5, 5.41) is 2.99. The highest BCUT2D eigenvalue weighted by Gasteiger charge is 2.18. The minimum absolute atomic E-state index is 0.0264. The van der Waals surface area contributed by atoms with E-state index in [1.54, 1.807) is 0 Å². The predicted octanol–water partition coefficient (Wildman–Crippen LogP) is 1.72. The lowest BCUT2D eigenvalue weighted by Crippen LogP contribution is -2.38. The van der Waals surface area contributed by atoms with Crippen molar-refractivity contribution >= 4 is 17.7 Å². The van der Waals surface area contributed by atoms with Gasteiger partial charge in [0.05, 0.1) is 5.92 Å². The van der Waals surface area contributed by atoms with E-state index in [-0.39, 0.29) is 11.8 Å². The van der Waals surface area contributed by atoms with E-state index < -0.39 is 0 Å². The van der Waals surface area contributed by atoms with Gasteiger partial charge in [0, 0.05) is 13.1 Å². The lowest BCUT2D eigenvalue weighted by atomic mass is 9.96. The molecule has 0 fully saturated rings. The Balaban J connectivity index is 3.92. The Morgan fingerprint density at radius 3 is 2.44 bits per heavy atom. The van der Waals surface area contributed by atoms with E-state index in [0.29, 0.717) is 18.4 Å². The number of hydrogen-bond acceptors (Lipinski definition) is 3. The van der Waals surface area contributed by atoms with Gasteiger partial charge in [0.25, 0.3) is 0 Å². The molecule has 0 saturated heterocycles. The van der Waals surface area contributed by atoms with Crippen molar-refractivity contribution in [3.63, 3.8) is 0 Å². The van der Waals surface area contributed by atoms with Crippen molar-refractivity contribution in [1.29, 1.82) is 0 Å². The Kier molecular flexibility index (Phi) is 8.76. The number of rotatable bonds is 8. The molecule has 0 aliphatic heterocycles. The Labute approximate surface area is 104 Å². The van der Waals surface area contributed by atoms with Crippen LogP contribution >= 0.6 is 11.8 Å². The SMILES string of the molecule is CSCC(C)CNC(=O)C(CN)CC(C)C. The topological polar surface area (TPSA) is 55.1 Å². The molecule has 3 nitrogen and oxygen atoms in total. The molecule has 0 aliphatic carbocycles. The number of amides is 1. The van der Waals surface area contributed by atoms with Gasteiger partial charge in [-0.05, 0) is 30.3 Å².